The van der Waals surface area contributed by atoms with Crippen LogP contribution in [0.25, 0.3) is 0 Å². The molecule has 0 saturated heterocycles. The van der Waals surface area contributed by atoms with Crippen molar-refractivity contribution in [2.45, 2.75) is 103 Å². The smallest absolute Gasteiger partial charge is 0.0124 e. The predicted molar refractivity (Wildman–Crippen MR) is 114 cm³/mol. The third kappa shape index (κ3) is 8.15. The Morgan fingerprint density at radius 2 is 1.33 bits per heavy atom. The van der Waals surface area contributed by atoms with Gasteiger partial charge in [-0.05, 0) is 42.3 Å². The van der Waals surface area contributed by atoms with Gasteiger partial charge in [0.2, 0.25) is 0 Å². The van der Waals surface area contributed by atoms with E-state index in [1.807, 2.05) is 0 Å². The first-order valence-electron chi connectivity index (χ1n) is 10.5. The van der Waals surface area contributed by atoms with Crippen molar-refractivity contribution in [1.29, 1.82) is 0 Å². The molecule has 0 fully saturated rings. The zero-order chi connectivity index (χ0) is 17.7. The van der Waals surface area contributed by atoms with E-state index in [4.69, 9.17) is 0 Å². The minimum atomic E-state index is 0.414. The van der Waals surface area contributed by atoms with Gasteiger partial charge in [-0.1, -0.05) is 102 Å². The Morgan fingerprint density at radius 1 is 0.792 bits per heavy atom. The summed E-state index contributed by atoms with van der Waals surface area (Å²) in [6.07, 6.45) is 16.5. The molecule has 0 aliphatic rings. The van der Waals surface area contributed by atoms with Crippen LogP contribution in [0.2, 0.25) is 0 Å². The molecule has 0 aliphatic heterocycles. The number of rotatable bonds is 14. The fourth-order valence-corrected chi connectivity index (χ4v) is 4.13. The molecule has 1 aromatic carbocycles. The maximum absolute atomic E-state index is 3.23. The van der Waals surface area contributed by atoms with Crippen molar-refractivity contribution >= 4 is 9.24 Å². The molecular weight excluding hydrogens is 307 g/mol. The Kier molecular flexibility index (Phi) is 11.7. The highest BCUT2D eigenvalue weighted by atomic mass is 31.0. The Balaban J connectivity index is 2.42. The summed E-state index contributed by atoms with van der Waals surface area (Å²) in [5, 5.41) is 0.414. The summed E-state index contributed by atoms with van der Waals surface area (Å²) in [5.41, 5.74) is 1.51. The lowest BCUT2D eigenvalue weighted by Gasteiger charge is -2.36. The lowest BCUT2D eigenvalue weighted by molar-refractivity contribution is 0.320. The van der Waals surface area contributed by atoms with Crippen LogP contribution >= 0.6 is 9.24 Å². The van der Waals surface area contributed by atoms with Gasteiger partial charge in [-0.3, -0.25) is 0 Å². The van der Waals surface area contributed by atoms with E-state index in [-0.39, 0.29) is 0 Å². The van der Waals surface area contributed by atoms with Gasteiger partial charge in [-0.15, -0.1) is 9.24 Å². The van der Waals surface area contributed by atoms with Crippen LogP contribution in [0, 0.1) is 5.92 Å². The minimum Gasteiger partial charge on any atom is -0.131 e. The van der Waals surface area contributed by atoms with E-state index in [0.717, 1.165) is 5.92 Å². The molecular formula is C23H41P. The van der Waals surface area contributed by atoms with E-state index < -0.39 is 0 Å². The maximum atomic E-state index is 3.23. The zero-order valence-corrected chi connectivity index (χ0v) is 17.7. The first-order valence-corrected chi connectivity index (χ1v) is 11.1. The van der Waals surface area contributed by atoms with Crippen molar-refractivity contribution < 1.29 is 0 Å². The SMILES string of the molecule is CCCCCCCCCCC(Cc1ccccc1)C(P)(CC)CC. The summed E-state index contributed by atoms with van der Waals surface area (Å²) in [4.78, 5) is 0. The van der Waals surface area contributed by atoms with Gasteiger partial charge >= 0.3 is 0 Å². The van der Waals surface area contributed by atoms with E-state index >= 15 is 0 Å². The molecule has 138 valence electrons. The van der Waals surface area contributed by atoms with E-state index in [0.29, 0.717) is 5.16 Å². The van der Waals surface area contributed by atoms with Gasteiger partial charge in [-0.25, -0.2) is 0 Å². The highest BCUT2D eigenvalue weighted by Crippen LogP contribution is 2.40. The predicted octanol–water partition coefficient (Wildman–Crippen LogP) is 7.81. The molecule has 1 aromatic rings. The first kappa shape index (κ1) is 21.7. The number of unbranched alkanes of at least 4 members (excludes halogenated alkanes) is 7. The van der Waals surface area contributed by atoms with Gasteiger partial charge in [0.25, 0.3) is 0 Å². The van der Waals surface area contributed by atoms with Gasteiger partial charge in [-0.2, -0.15) is 0 Å². The number of hydrogen-bond acceptors (Lipinski definition) is 0. The van der Waals surface area contributed by atoms with Gasteiger partial charge in [0, 0.05) is 0 Å². The maximum Gasteiger partial charge on any atom is -0.0124 e. The van der Waals surface area contributed by atoms with Gasteiger partial charge in [0.15, 0.2) is 0 Å². The molecule has 0 amide bonds. The summed E-state index contributed by atoms with van der Waals surface area (Å²) in [7, 11) is 3.23. The molecule has 2 unspecified atom stereocenters. The van der Waals surface area contributed by atoms with Crippen LogP contribution in [0.5, 0.6) is 0 Å². The molecule has 0 saturated carbocycles. The normalized spacial score (nSPS) is 13.2. The van der Waals surface area contributed by atoms with E-state index in [2.05, 4.69) is 60.3 Å². The van der Waals surface area contributed by atoms with E-state index in [1.165, 1.54) is 82.6 Å². The molecule has 24 heavy (non-hydrogen) atoms. The van der Waals surface area contributed by atoms with Crippen molar-refractivity contribution in [3.63, 3.8) is 0 Å². The zero-order valence-electron chi connectivity index (χ0n) is 16.5. The Bertz CT molecular complexity index is 394. The Labute approximate surface area is 154 Å². The third-order valence-corrected chi connectivity index (χ3v) is 7.15. The summed E-state index contributed by atoms with van der Waals surface area (Å²) in [5.74, 6) is 0.792. The van der Waals surface area contributed by atoms with Crippen LogP contribution in [0.4, 0.5) is 0 Å². The second-order valence-electron chi connectivity index (χ2n) is 7.59. The molecule has 0 bridgehead atoms. The fourth-order valence-electron chi connectivity index (χ4n) is 3.84. The molecule has 0 aromatic heterocycles. The monoisotopic (exact) mass is 348 g/mol. The molecule has 1 rings (SSSR count). The number of hydrogen-bond donors (Lipinski definition) is 0. The average Bonchev–Trinajstić information content (AvgIpc) is 2.63. The summed E-state index contributed by atoms with van der Waals surface area (Å²) >= 11 is 0. The van der Waals surface area contributed by atoms with Crippen molar-refractivity contribution in [2.24, 2.45) is 5.92 Å². The summed E-state index contributed by atoms with van der Waals surface area (Å²) in [6.45, 7) is 7.02. The highest BCUT2D eigenvalue weighted by molar-refractivity contribution is 7.19. The lowest BCUT2D eigenvalue weighted by Crippen LogP contribution is -2.31. The molecule has 2 atom stereocenters. The third-order valence-electron chi connectivity index (χ3n) is 5.86. The van der Waals surface area contributed by atoms with Gasteiger partial charge < -0.3 is 0 Å². The minimum absolute atomic E-state index is 0.414. The molecule has 0 spiro atoms. The average molecular weight is 349 g/mol. The topological polar surface area (TPSA) is 0 Å². The molecule has 0 aliphatic carbocycles. The van der Waals surface area contributed by atoms with Crippen LogP contribution in [0.15, 0.2) is 30.3 Å². The molecule has 0 heterocycles. The lowest BCUT2D eigenvalue weighted by atomic mass is 9.79. The van der Waals surface area contributed by atoms with Crippen molar-refractivity contribution in [3.05, 3.63) is 35.9 Å². The van der Waals surface area contributed by atoms with Gasteiger partial charge in [0.05, 0.1) is 0 Å². The van der Waals surface area contributed by atoms with Crippen molar-refractivity contribution in [2.75, 3.05) is 0 Å². The fraction of sp³-hybridized carbons (Fsp3) is 0.739. The number of benzene rings is 1. The second-order valence-corrected chi connectivity index (χ2v) is 8.74. The van der Waals surface area contributed by atoms with Crippen LogP contribution in [-0.4, -0.2) is 5.16 Å². The van der Waals surface area contributed by atoms with E-state index in [1.54, 1.807) is 0 Å². The Morgan fingerprint density at radius 3 is 1.88 bits per heavy atom. The van der Waals surface area contributed by atoms with Crippen molar-refractivity contribution in [3.8, 4) is 0 Å². The molecule has 0 N–H and O–H groups in total. The second kappa shape index (κ2) is 12.9. The first-order chi connectivity index (χ1) is 11.7. The van der Waals surface area contributed by atoms with Crippen LogP contribution in [-0.2, 0) is 6.42 Å². The molecule has 0 nitrogen and oxygen atoms in total. The molecule has 0 radical (unpaired) electrons. The summed E-state index contributed by atoms with van der Waals surface area (Å²) in [6, 6.07) is 11.1. The standard InChI is InChI=1S/C23H41P/c1-4-7-8-9-10-11-12-16-19-22(23(24,5-2)6-3)20-21-17-14-13-15-18-21/h13-15,17-18,22H,4-12,16,19-20,24H2,1-3H3. The highest BCUT2D eigenvalue weighted by Gasteiger charge is 2.30. The summed E-state index contributed by atoms with van der Waals surface area (Å²) < 4.78 is 0. The van der Waals surface area contributed by atoms with Crippen LogP contribution in [0.3, 0.4) is 0 Å². The Hall–Kier alpha value is -0.350. The quantitative estimate of drug-likeness (QED) is 0.237. The molecule has 1 heteroatoms. The van der Waals surface area contributed by atoms with Crippen molar-refractivity contribution in [1.82, 2.24) is 0 Å². The van der Waals surface area contributed by atoms with E-state index in [9.17, 15) is 0 Å². The van der Waals surface area contributed by atoms with Crippen LogP contribution < -0.4 is 0 Å². The van der Waals surface area contributed by atoms with Gasteiger partial charge in [0.1, 0.15) is 0 Å². The van der Waals surface area contributed by atoms with Crippen LogP contribution in [0.1, 0.15) is 97.0 Å². The largest absolute Gasteiger partial charge is 0.131 e.